The third-order valence-electron chi connectivity index (χ3n) is 5.04. The molecule has 1 fully saturated rings. The van der Waals surface area contributed by atoms with E-state index in [9.17, 15) is 14.4 Å². The highest BCUT2D eigenvalue weighted by molar-refractivity contribution is 6.08. The summed E-state index contributed by atoms with van der Waals surface area (Å²) in [5, 5.41) is 3.05. The topological polar surface area (TPSA) is 81.7 Å². The zero-order valence-corrected chi connectivity index (χ0v) is 16.1. The molecule has 144 valence electrons. The van der Waals surface area contributed by atoms with Crippen molar-refractivity contribution in [2.45, 2.75) is 59.8 Å². The number of hydrogen-bond acceptors (Lipinski definition) is 6. The quantitative estimate of drug-likeness (QED) is 0.731. The van der Waals surface area contributed by atoms with Crippen molar-refractivity contribution in [1.29, 1.82) is 0 Å². The minimum Gasteiger partial charge on any atom is -0.463 e. The second-order valence-corrected chi connectivity index (χ2v) is 6.81. The second-order valence-electron chi connectivity index (χ2n) is 6.81. The Hall–Kier alpha value is -2.11. The lowest BCUT2D eigenvalue weighted by molar-refractivity contribution is -0.143. The Bertz CT molecular complexity index is 601. The van der Waals surface area contributed by atoms with Gasteiger partial charge in [-0.2, -0.15) is 0 Å². The SMILES string of the molecule is CCOC(=O)C1=C(C)NC(C)=C(C(=O)OCC)C1C(=O)C1CCCCC1. The molecular weight excluding hydrogens is 334 g/mol. The van der Waals surface area contributed by atoms with Crippen molar-refractivity contribution in [2.75, 3.05) is 13.2 Å². The standard InChI is InChI=1S/C20H29NO5/c1-5-25-19(23)15-12(3)21-13(4)16(20(24)26-6-2)17(15)18(22)14-10-8-7-9-11-14/h14,17,21H,5-11H2,1-4H3. The fourth-order valence-electron chi connectivity index (χ4n) is 3.86. The summed E-state index contributed by atoms with van der Waals surface area (Å²) in [6.07, 6.45) is 4.71. The molecule has 26 heavy (non-hydrogen) atoms. The molecule has 0 radical (unpaired) electrons. The molecule has 0 atom stereocenters. The van der Waals surface area contributed by atoms with Crippen LogP contribution in [0.4, 0.5) is 0 Å². The highest BCUT2D eigenvalue weighted by Crippen LogP contribution is 2.37. The van der Waals surface area contributed by atoms with Gasteiger partial charge in [-0.05, 0) is 40.5 Å². The van der Waals surface area contributed by atoms with Gasteiger partial charge in [-0.3, -0.25) is 4.79 Å². The van der Waals surface area contributed by atoms with Crippen LogP contribution in [0.3, 0.4) is 0 Å². The molecule has 1 heterocycles. The summed E-state index contributed by atoms with van der Waals surface area (Å²) in [6.45, 7) is 7.32. The molecular formula is C20H29NO5. The van der Waals surface area contributed by atoms with E-state index >= 15 is 0 Å². The van der Waals surface area contributed by atoms with Gasteiger partial charge in [0.05, 0.1) is 30.3 Å². The summed E-state index contributed by atoms with van der Waals surface area (Å²) in [5.41, 5.74) is 1.58. The van der Waals surface area contributed by atoms with Crippen LogP contribution in [0.15, 0.2) is 22.5 Å². The van der Waals surface area contributed by atoms with Crippen molar-refractivity contribution >= 4 is 17.7 Å². The van der Waals surface area contributed by atoms with Gasteiger partial charge in [-0.1, -0.05) is 19.3 Å². The molecule has 6 heteroatoms. The normalized spacial score (nSPS) is 19.2. The largest absolute Gasteiger partial charge is 0.463 e. The van der Waals surface area contributed by atoms with Crippen LogP contribution in [0.2, 0.25) is 0 Å². The Kier molecular flexibility index (Phi) is 7.00. The minimum atomic E-state index is -0.919. The molecule has 0 spiro atoms. The monoisotopic (exact) mass is 363 g/mol. The number of nitrogens with one attached hydrogen (secondary N) is 1. The number of dihydropyridines is 1. The van der Waals surface area contributed by atoms with Gasteiger partial charge in [0.2, 0.25) is 0 Å². The van der Waals surface area contributed by atoms with Crippen molar-refractivity contribution in [3.63, 3.8) is 0 Å². The van der Waals surface area contributed by atoms with Crippen molar-refractivity contribution in [1.82, 2.24) is 5.32 Å². The number of ketones is 1. The first-order valence-electron chi connectivity index (χ1n) is 9.48. The zero-order chi connectivity index (χ0) is 19.3. The third-order valence-corrected chi connectivity index (χ3v) is 5.04. The van der Waals surface area contributed by atoms with Crippen molar-refractivity contribution < 1.29 is 23.9 Å². The van der Waals surface area contributed by atoms with Crippen LogP contribution >= 0.6 is 0 Å². The molecule has 2 rings (SSSR count). The molecule has 1 N–H and O–H groups in total. The molecule has 0 aromatic heterocycles. The van der Waals surface area contributed by atoms with Gasteiger partial charge in [-0.25, -0.2) is 9.59 Å². The first-order valence-corrected chi connectivity index (χ1v) is 9.48. The summed E-state index contributed by atoms with van der Waals surface area (Å²) in [6, 6.07) is 0. The molecule has 0 bridgehead atoms. The Morgan fingerprint density at radius 3 is 1.77 bits per heavy atom. The number of rotatable bonds is 6. The minimum absolute atomic E-state index is 0.0731. The number of carbonyl (C=O) groups excluding carboxylic acids is 3. The molecule has 6 nitrogen and oxygen atoms in total. The second kappa shape index (κ2) is 9.01. The number of allylic oxidation sites excluding steroid dienone is 2. The summed E-state index contributed by atoms with van der Waals surface area (Å²) < 4.78 is 10.4. The molecule has 0 amide bonds. The fourth-order valence-corrected chi connectivity index (χ4v) is 3.86. The van der Waals surface area contributed by atoms with E-state index in [1.54, 1.807) is 27.7 Å². The van der Waals surface area contributed by atoms with Gasteiger partial charge in [0.1, 0.15) is 5.78 Å². The lowest BCUT2D eigenvalue weighted by Crippen LogP contribution is -2.40. The Labute approximate surface area is 155 Å². The maximum atomic E-state index is 13.4. The van der Waals surface area contributed by atoms with Crippen LogP contribution in [0.1, 0.15) is 59.8 Å². The number of carbonyl (C=O) groups is 3. The van der Waals surface area contributed by atoms with E-state index in [1.807, 2.05) is 0 Å². The molecule has 0 unspecified atom stereocenters. The average Bonchev–Trinajstić information content (AvgIpc) is 2.61. The molecule has 0 saturated heterocycles. The van der Waals surface area contributed by atoms with Gasteiger partial charge >= 0.3 is 11.9 Å². The van der Waals surface area contributed by atoms with Gasteiger partial charge < -0.3 is 14.8 Å². The molecule has 1 aliphatic carbocycles. The first-order chi connectivity index (χ1) is 12.4. The van der Waals surface area contributed by atoms with Gasteiger partial charge in [-0.15, -0.1) is 0 Å². The Balaban J connectivity index is 2.48. The molecule has 0 aromatic rings. The highest BCUT2D eigenvalue weighted by atomic mass is 16.5. The van der Waals surface area contributed by atoms with Crippen LogP contribution in [0.5, 0.6) is 0 Å². The maximum absolute atomic E-state index is 13.4. The highest BCUT2D eigenvalue weighted by Gasteiger charge is 2.43. The fraction of sp³-hybridized carbons (Fsp3) is 0.650. The third kappa shape index (κ3) is 4.17. The molecule has 2 aliphatic rings. The number of ether oxygens (including phenoxy) is 2. The number of esters is 2. The lowest BCUT2D eigenvalue weighted by atomic mass is 9.74. The molecule has 0 aromatic carbocycles. The van der Waals surface area contributed by atoms with Gasteiger partial charge in [0, 0.05) is 17.3 Å². The number of hydrogen-bond donors (Lipinski definition) is 1. The van der Waals surface area contributed by atoms with Crippen LogP contribution in [-0.2, 0) is 23.9 Å². The summed E-state index contributed by atoms with van der Waals surface area (Å²) >= 11 is 0. The predicted molar refractivity (Wildman–Crippen MR) is 96.9 cm³/mol. The maximum Gasteiger partial charge on any atom is 0.336 e. The van der Waals surface area contributed by atoms with Crippen LogP contribution in [-0.4, -0.2) is 30.9 Å². The van der Waals surface area contributed by atoms with Gasteiger partial charge in [0.25, 0.3) is 0 Å². The van der Waals surface area contributed by atoms with Crippen molar-refractivity contribution in [3.05, 3.63) is 22.5 Å². The predicted octanol–water partition coefficient (Wildman–Crippen LogP) is 3.03. The van der Waals surface area contributed by atoms with Crippen molar-refractivity contribution in [2.24, 2.45) is 11.8 Å². The van der Waals surface area contributed by atoms with Crippen LogP contribution in [0, 0.1) is 11.8 Å². The summed E-state index contributed by atoms with van der Waals surface area (Å²) in [4.78, 5) is 38.6. The number of Topliss-reactive ketones (excluding diaryl/α,β-unsaturated/α-hetero) is 1. The molecule has 1 saturated carbocycles. The van der Waals surface area contributed by atoms with E-state index in [2.05, 4.69) is 5.32 Å². The van der Waals surface area contributed by atoms with E-state index in [0.29, 0.717) is 11.4 Å². The van der Waals surface area contributed by atoms with Gasteiger partial charge in [0.15, 0.2) is 0 Å². The Morgan fingerprint density at radius 2 is 1.35 bits per heavy atom. The lowest BCUT2D eigenvalue weighted by Gasteiger charge is -2.32. The zero-order valence-electron chi connectivity index (χ0n) is 16.1. The van der Waals surface area contributed by atoms with E-state index in [-0.39, 0.29) is 36.1 Å². The summed E-state index contributed by atoms with van der Waals surface area (Å²) in [5.74, 6) is -2.24. The van der Waals surface area contributed by atoms with Crippen molar-refractivity contribution in [3.8, 4) is 0 Å². The summed E-state index contributed by atoms with van der Waals surface area (Å²) in [7, 11) is 0. The Morgan fingerprint density at radius 1 is 0.885 bits per heavy atom. The van der Waals surface area contributed by atoms with E-state index in [1.165, 1.54) is 0 Å². The molecule has 1 aliphatic heterocycles. The van der Waals surface area contributed by atoms with Crippen LogP contribution < -0.4 is 5.32 Å². The van der Waals surface area contributed by atoms with Crippen LogP contribution in [0.25, 0.3) is 0 Å². The smallest absolute Gasteiger partial charge is 0.336 e. The van der Waals surface area contributed by atoms with E-state index < -0.39 is 17.9 Å². The average molecular weight is 363 g/mol. The van der Waals surface area contributed by atoms with E-state index in [0.717, 1.165) is 32.1 Å². The first kappa shape index (κ1) is 20.2. The van der Waals surface area contributed by atoms with E-state index in [4.69, 9.17) is 9.47 Å².